The van der Waals surface area contributed by atoms with Crippen molar-refractivity contribution in [3.63, 3.8) is 0 Å². The van der Waals surface area contributed by atoms with Crippen molar-refractivity contribution in [1.82, 2.24) is 35.0 Å². The van der Waals surface area contributed by atoms with Crippen molar-refractivity contribution in [2.45, 2.75) is 45.0 Å². The molecule has 1 aliphatic heterocycles. The van der Waals surface area contributed by atoms with E-state index in [0.29, 0.717) is 43.1 Å². The first-order valence-corrected chi connectivity index (χ1v) is 10.8. The van der Waals surface area contributed by atoms with Gasteiger partial charge in [0.15, 0.2) is 11.6 Å². The second kappa shape index (κ2) is 9.12. The van der Waals surface area contributed by atoms with Crippen molar-refractivity contribution in [3.05, 3.63) is 53.7 Å². The van der Waals surface area contributed by atoms with Crippen LogP contribution in [0.25, 0.3) is 5.52 Å². The average Bonchev–Trinajstić information content (AvgIpc) is 3.54. The number of rotatable bonds is 8. The second-order valence-electron chi connectivity index (χ2n) is 8.25. The molecule has 5 rings (SSSR count). The van der Waals surface area contributed by atoms with Gasteiger partial charge in [-0.2, -0.15) is 15.3 Å². The molecule has 0 bridgehead atoms. The Morgan fingerprint density at radius 1 is 1.30 bits per heavy atom. The Bertz CT molecular complexity index is 1240. The van der Waals surface area contributed by atoms with Gasteiger partial charge >= 0.3 is 0 Å². The number of ether oxygens (including phenoxy) is 3. The zero-order valence-electron chi connectivity index (χ0n) is 18.7. The Morgan fingerprint density at radius 2 is 2.21 bits per heavy atom. The van der Waals surface area contributed by atoms with Crippen LogP contribution in [0.1, 0.15) is 49.2 Å². The van der Waals surface area contributed by atoms with Crippen LogP contribution in [0.5, 0.6) is 5.88 Å². The average molecular weight is 451 g/mol. The molecular formula is C22H26N8O3. The largest absolute Gasteiger partial charge is 0.471 e. The van der Waals surface area contributed by atoms with E-state index in [1.807, 2.05) is 18.2 Å². The Balaban J connectivity index is 1.26. The summed E-state index contributed by atoms with van der Waals surface area (Å²) >= 11 is 0. The van der Waals surface area contributed by atoms with Crippen molar-refractivity contribution < 1.29 is 14.2 Å². The maximum atomic E-state index is 6.11. The van der Waals surface area contributed by atoms with E-state index in [2.05, 4.69) is 49.6 Å². The SMILES string of the molecule is COCc1cc2c(Nc3cc([C@@H]4C[C@H](Oc5nnccc5C(C)C)CO4)[nH]n3)nccn2n1. The first-order valence-electron chi connectivity index (χ1n) is 10.8. The molecule has 0 aliphatic carbocycles. The minimum Gasteiger partial charge on any atom is -0.471 e. The summed E-state index contributed by atoms with van der Waals surface area (Å²) in [6.45, 7) is 5.12. The molecule has 1 fully saturated rings. The molecule has 0 unspecified atom stereocenters. The fourth-order valence-electron chi connectivity index (χ4n) is 3.89. The van der Waals surface area contributed by atoms with Crippen molar-refractivity contribution in [2.24, 2.45) is 0 Å². The van der Waals surface area contributed by atoms with Crippen molar-refractivity contribution in [2.75, 3.05) is 19.0 Å². The molecule has 2 atom stereocenters. The number of nitrogens with zero attached hydrogens (tertiary/aromatic N) is 6. The number of anilines is 2. The van der Waals surface area contributed by atoms with Gasteiger partial charge in [-0.05, 0) is 18.1 Å². The number of nitrogens with one attached hydrogen (secondary N) is 2. The smallest absolute Gasteiger partial charge is 0.237 e. The molecule has 0 saturated carbocycles. The third-order valence-corrected chi connectivity index (χ3v) is 5.50. The molecule has 172 valence electrons. The van der Waals surface area contributed by atoms with Crippen LogP contribution in [0, 0.1) is 0 Å². The van der Waals surface area contributed by atoms with E-state index in [1.165, 1.54) is 0 Å². The number of aromatic nitrogens is 7. The van der Waals surface area contributed by atoms with Gasteiger partial charge in [-0.15, -0.1) is 5.10 Å². The lowest BCUT2D eigenvalue weighted by molar-refractivity contribution is 0.0905. The zero-order chi connectivity index (χ0) is 22.8. The molecule has 0 spiro atoms. The van der Waals surface area contributed by atoms with Crippen LogP contribution in [0.15, 0.2) is 36.8 Å². The van der Waals surface area contributed by atoms with Gasteiger partial charge in [-0.3, -0.25) is 5.10 Å². The number of hydrogen-bond acceptors (Lipinski definition) is 9. The number of fused-ring (bicyclic) bond motifs is 1. The fourth-order valence-corrected chi connectivity index (χ4v) is 3.89. The Hall–Kier alpha value is -3.57. The molecule has 1 saturated heterocycles. The van der Waals surface area contributed by atoms with Gasteiger partial charge < -0.3 is 19.5 Å². The summed E-state index contributed by atoms with van der Waals surface area (Å²) in [5.74, 6) is 2.17. The standard InChI is InChI=1S/C22H26N8O3/c1-13(2)16-4-5-24-28-22(16)33-15-9-19(32-12-15)17-10-20(27-26-17)25-21-18-8-14(11-31-3)29-30(18)7-6-23-21/h4-8,10,13,15,19H,9,11-12H2,1-3H3,(H2,23,25,26,27)/t15-,19-/m0/s1. The lowest BCUT2D eigenvalue weighted by Crippen LogP contribution is -2.18. The van der Waals surface area contributed by atoms with Gasteiger partial charge in [0.1, 0.15) is 17.7 Å². The first kappa shape index (κ1) is 21.3. The number of methoxy groups -OCH3 is 1. The minimum absolute atomic E-state index is 0.106. The van der Waals surface area contributed by atoms with Gasteiger partial charge in [0.05, 0.1) is 30.8 Å². The predicted octanol–water partition coefficient (Wildman–Crippen LogP) is 3.16. The molecule has 2 N–H and O–H groups in total. The van der Waals surface area contributed by atoms with Crippen molar-refractivity contribution in [1.29, 1.82) is 0 Å². The second-order valence-corrected chi connectivity index (χ2v) is 8.25. The molecule has 4 aromatic rings. The van der Waals surface area contributed by atoms with Gasteiger partial charge in [-0.25, -0.2) is 9.50 Å². The molecule has 5 heterocycles. The number of H-pyrrole nitrogens is 1. The summed E-state index contributed by atoms with van der Waals surface area (Å²) in [5.41, 5.74) is 3.57. The maximum absolute atomic E-state index is 6.11. The predicted molar refractivity (Wildman–Crippen MR) is 119 cm³/mol. The Kier molecular flexibility index (Phi) is 5.88. The van der Waals surface area contributed by atoms with Crippen LogP contribution >= 0.6 is 0 Å². The minimum atomic E-state index is -0.149. The van der Waals surface area contributed by atoms with E-state index >= 15 is 0 Å². The van der Waals surface area contributed by atoms with Crippen LogP contribution in [0.4, 0.5) is 11.6 Å². The molecule has 0 radical (unpaired) electrons. The van der Waals surface area contributed by atoms with E-state index in [-0.39, 0.29) is 12.2 Å². The normalized spacial score (nSPS) is 18.3. The van der Waals surface area contributed by atoms with Crippen molar-refractivity contribution in [3.8, 4) is 5.88 Å². The molecule has 11 nitrogen and oxygen atoms in total. The third-order valence-electron chi connectivity index (χ3n) is 5.50. The maximum Gasteiger partial charge on any atom is 0.237 e. The van der Waals surface area contributed by atoms with Gasteiger partial charge in [0.25, 0.3) is 0 Å². The number of aromatic amines is 1. The van der Waals surface area contributed by atoms with E-state index in [9.17, 15) is 0 Å². The van der Waals surface area contributed by atoms with Gasteiger partial charge in [0, 0.05) is 37.6 Å². The van der Waals surface area contributed by atoms with E-state index in [1.54, 1.807) is 30.2 Å². The molecule has 1 aliphatic rings. The molecular weight excluding hydrogens is 424 g/mol. The summed E-state index contributed by atoms with van der Waals surface area (Å²) in [6.07, 6.45) is 5.60. The highest BCUT2D eigenvalue weighted by Gasteiger charge is 2.31. The molecule has 0 aromatic carbocycles. The number of hydrogen-bond donors (Lipinski definition) is 2. The highest BCUT2D eigenvalue weighted by Crippen LogP contribution is 2.33. The van der Waals surface area contributed by atoms with Crippen LogP contribution < -0.4 is 10.1 Å². The van der Waals surface area contributed by atoms with E-state index in [0.717, 1.165) is 22.5 Å². The summed E-state index contributed by atoms with van der Waals surface area (Å²) in [6, 6.07) is 5.80. The lowest BCUT2D eigenvalue weighted by atomic mass is 10.1. The van der Waals surface area contributed by atoms with E-state index in [4.69, 9.17) is 14.2 Å². The summed E-state index contributed by atoms with van der Waals surface area (Å²) in [4.78, 5) is 4.43. The summed E-state index contributed by atoms with van der Waals surface area (Å²) < 4.78 is 19.0. The lowest BCUT2D eigenvalue weighted by Gasteiger charge is -2.15. The van der Waals surface area contributed by atoms with Crippen LogP contribution in [-0.2, 0) is 16.1 Å². The highest BCUT2D eigenvalue weighted by atomic mass is 16.6. The molecule has 4 aromatic heterocycles. The third kappa shape index (κ3) is 4.50. The highest BCUT2D eigenvalue weighted by molar-refractivity contribution is 5.72. The first-order chi connectivity index (χ1) is 16.1. The van der Waals surface area contributed by atoms with Crippen LogP contribution in [0.2, 0.25) is 0 Å². The summed E-state index contributed by atoms with van der Waals surface area (Å²) in [5, 5.41) is 23.3. The molecule has 0 amide bonds. The Morgan fingerprint density at radius 3 is 3.06 bits per heavy atom. The van der Waals surface area contributed by atoms with Gasteiger partial charge in [-0.1, -0.05) is 13.8 Å². The molecule has 11 heteroatoms. The fraction of sp³-hybridized carbons (Fsp3) is 0.409. The summed E-state index contributed by atoms with van der Waals surface area (Å²) in [7, 11) is 1.64. The zero-order valence-corrected chi connectivity index (χ0v) is 18.7. The molecule has 33 heavy (non-hydrogen) atoms. The van der Waals surface area contributed by atoms with Gasteiger partial charge in [0.2, 0.25) is 5.88 Å². The van der Waals surface area contributed by atoms with Crippen LogP contribution in [0.3, 0.4) is 0 Å². The Labute approximate surface area is 190 Å². The van der Waals surface area contributed by atoms with Crippen LogP contribution in [-0.4, -0.2) is 54.8 Å². The monoisotopic (exact) mass is 450 g/mol. The quantitative estimate of drug-likeness (QED) is 0.416. The van der Waals surface area contributed by atoms with E-state index < -0.39 is 0 Å². The topological polar surface area (TPSA) is 124 Å². The van der Waals surface area contributed by atoms with Crippen molar-refractivity contribution >= 4 is 17.2 Å².